The number of aromatic nitrogens is 3. The molecule has 2 heterocycles. The topological polar surface area (TPSA) is 78.3 Å². The number of fused-ring (bicyclic) bond motifs is 1. The van der Waals surface area contributed by atoms with Crippen LogP contribution in [-0.4, -0.2) is 33.4 Å². The van der Waals surface area contributed by atoms with Gasteiger partial charge >= 0.3 is 5.97 Å². The molecule has 1 aromatic heterocycles. The van der Waals surface area contributed by atoms with Crippen LogP contribution in [0.15, 0.2) is 41.9 Å². The number of carbonyl (C=O) groups is 1. The van der Waals surface area contributed by atoms with E-state index in [-0.39, 0.29) is 12.1 Å². The van der Waals surface area contributed by atoms with E-state index in [9.17, 15) is 4.79 Å². The van der Waals surface area contributed by atoms with Crippen molar-refractivity contribution in [3.8, 4) is 5.75 Å². The van der Waals surface area contributed by atoms with Gasteiger partial charge < -0.3 is 14.8 Å². The van der Waals surface area contributed by atoms with E-state index in [1.54, 1.807) is 4.68 Å². The first-order valence-electron chi connectivity index (χ1n) is 8.32. The summed E-state index contributed by atoms with van der Waals surface area (Å²) < 4.78 is 12.6. The van der Waals surface area contributed by atoms with Gasteiger partial charge in [-0.15, -0.1) is 0 Å². The summed E-state index contributed by atoms with van der Waals surface area (Å²) in [6.07, 6.45) is 1.26. The summed E-state index contributed by atoms with van der Waals surface area (Å²) in [5.74, 6) is 1.02. The van der Waals surface area contributed by atoms with Gasteiger partial charge in [0.1, 0.15) is 18.1 Å². The lowest BCUT2D eigenvalue weighted by Crippen LogP contribution is -2.30. The molecule has 1 atom stereocenters. The molecule has 0 aliphatic carbocycles. The maximum atomic E-state index is 12.7. The number of nitrogens with one attached hydrogen (secondary N) is 1. The van der Waals surface area contributed by atoms with Crippen molar-refractivity contribution >= 4 is 11.9 Å². The zero-order chi connectivity index (χ0) is 18.0. The zero-order valence-corrected chi connectivity index (χ0v) is 14.8. The fourth-order valence-electron chi connectivity index (χ4n) is 2.85. The van der Waals surface area contributed by atoms with E-state index in [0.717, 1.165) is 11.3 Å². The summed E-state index contributed by atoms with van der Waals surface area (Å²) in [4.78, 5) is 16.9. The van der Waals surface area contributed by atoms with Crippen LogP contribution in [0.4, 0.5) is 5.95 Å². The Morgan fingerprint density at radius 3 is 2.68 bits per heavy atom. The van der Waals surface area contributed by atoms with Crippen LogP contribution in [0.3, 0.4) is 0 Å². The molecule has 3 rings (SSSR count). The number of esters is 1. The lowest BCUT2D eigenvalue weighted by molar-refractivity contribution is -0.143. The van der Waals surface area contributed by atoms with E-state index in [4.69, 9.17) is 9.47 Å². The van der Waals surface area contributed by atoms with Crippen molar-refractivity contribution in [3.05, 3.63) is 47.4 Å². The molecule has 0 bridgehead atoms. The molecule has 0 fully saturated rings. The minimum atomic E-state index is -0.402. The third kappa shape index (κ3) is 3.35. The number of ether oxygens (including phenoxy) is 2. The first-order valence-corrected chi connectivity index (χ1v) is 8.32. The minimum absolute atomic E-state index is 0.203. The molecule has 1 aliphatic heterocycles. The van der Waals surface area contributed by atoms with Crippen LogP contribution >= 0.6 is 0 Å². The Labute approximate surface area is 146 Å². The predicted octanol–water partition coefficient (Wildman–Crippen LogP) is 2.92. The molecule has 0 amide bonds. The Morgan fingerprint density at radius 2 is 2.04 bits per heavy atom. The highest BCUT2D eigenvalue weighted by atomic mass is 16.5. The first kappa shape index (κ1) is 17.0. The van der Waals surface area contributed by atoms with Crippen molar-refractivity contribution in [1.29, 1.82) is 0 Å². The molecule has 2 aromatic rings. The van der Waals surface area contributed by atoms with Crippen LogP contribution in [0.2, 0.25) is 0 Å². The largest absolute Gasteiger partial charge is 0.494 e. The number of hydrogen-bond donors (Lipinski definition) is 1. The molecule has 1 aliphatic rings. The Kier molecular flexibility index (Phi) is 4.74. The molecule has 1 N–H and O–H groups in total. The Hall–Kier alpha value is -2.83. The lowest BCUT2D eigenvalue weighted by Gasteiger charge is -2.28. The van der Waals surface area contributed by atoms with Crippen LogP contribution in [0.5, 0.6) is 5.75 Å². The summed E-state index contributed by atoms with van der Waals surface area (Å²) in [5.41, 5.74) is 2.15. The molecule has 1 aromatic carbocycles. The van der Waals surface area contributed by atoms with Crippen LogP contribution < -0.4 is 10.1 Å². The second kappa shape index (κ2) is 6.96. The van der Waals surface area contributed by atoms with E-state index >= 15 is 0 Å². The van der Waals surface area contributed by atoms with E-state index in [1.165, 1.54) is 6.33 Å². The molecular weight excluding hydrogens is 320 g/mol. The summed E-state index contributed by atoms with van der Waals surface area (Å²) in [5, 5.41) is 7.41. The quantitative estimate of drug-likeness (QED) is 0.842. The van der Waals surface area contributed by atoms with Gasteiger partial charge in [0.2, 0.25) is 5.95 Å². The van der Waals surface area contributed by atoms with Gasteiger partial charge in [0, 0.05) is 5.70 Å². The van der Waals surface area contributed by atoms with E-state index in [1.807, 2.05) is 52.0 Å². The summed E-state index contributed by atoms with van der Waals surface area (Å²) in [6.45, 7) is 8.05. The van der Waals surface area contributed by atoms with Gasteiger partial charge in [-0.05, 0) is 45.4 Å². The van der Waals surface area contributed by atoms with Crippen LogP contribution in [0.1, 0.15) is 39.3 Å². The third-order valence-electron chi connectivity index (χ3n) is 3.86. The average Bonchev–Trinajstić information content (AvgIpc) is 3.01. The Bertz CT molecular complexity index is 793. The van der Waals surface area contributed by atoms with Gasteiger partial charge in [-0.3, -0.25) is 0 Å². The Balaban J connectivity index is 2.04. The maximum Gasteiger partial charge on any atom is 0.338 e. The highest BCUT2D eigenvalue weighted by Gasteiger charge is 2.34. The van der Waals surface area contributed by atoms with Gasteiger partial charge in [-0.2, -0.15) is 10.1 Å². The second-order valence-electron chi connectivity index (χ2n) is 6.05. The third-order valence-corrected chi connectivity index (χ3v) is 3.86. The zero-order valence-electron chi connectivity index (χ0n) is 14.8. The predicted molar refractivity (Wildman–Crippen MR) is 93.3 cm³/mol. The Morgan fingerprint density at radius 1 is 1.32 bits per heavy atom. The molecule has 0 spiro atoms. The number of carbonyl (C=O) groups excluding carboxylic acids is 1. The number of benzene rings is 1. The SMILES string of the molecule is CCOc1ccc(C2C(C(=O)OC(C)C)=C(C)Nc3ncnn32)cc1. The highest BCUT2D eigenvalue weighted by molar-refractivity contribution is 5.92. The maximum absolute atomic E-state index is 12.7. The van der Waals surface area contributed by atoms with Crippen molar-refractivity contribution in [1.82, 2.24) is 14.8 Å². The van der Waals surface area contributed by atoms with Gasteiger partial charge in [0.15, 0.2) is 0 Å². The minimum Gasteiger partial charge on any atom is -0.494 e. The monoisotopic (exact) mass is 342 g/mol. The number of allylic oxidation sites excluding steroid dienone is 1. The van der Waals surface area contributed by atoms with Crippen molar-refractivity contribution in [3.63, 3.8) is 0 Å². The number of rotatable bonds is 5. The normalized spacial score (nSPS) is 16.4. The molecule has 7 heteroatoms. The standard InChI is InChI=1S/C18H22N4O3/c1-5-24-14-8-6-13(7-9-14)16-15(17(23)25-11(2)3)12(4)21-18-19-10-20-22(16)18/h6-11,16H,5H2,1-4H3,(H,19,20,21). The molecule has 0 saturated heterocycles. The first-order chi connectivity index (χ1) is 12.0. The molecule has 25 heavy (non-hydrogen) atoms. The molecular formula is C18H22N4O3. The van der Waals surface area contributed by atoms with Gasteiger partial charge in [-0.25, -0.2) is 9.48 Å². The molecule has 1 unspecified atom stereocenters. The van der Waals surface area contributed by atoms with Gasteiger partial charge in [-0.1, -0.05) is 12.1 Å². The van der Waals surface area contributed by atoms with Crippen LogP contribution in [0.25, 0.3) is 0 Å². The van der Waals surface area contributed by atoms with Crippen molar-refractivity contribution in [2.45, 2.75) is 39.8 Å². The van der Waals surface area contributed by atoms with Gasteiger partial charge in [0.05, 0.1) is 18.3 Å². The molecule has 7 nitrogen and oxygen atoms in total. The van der Waals surface area contributed by atoms with Crippen molar-refractivity contribution in [2.75, 3.05) is 11.9 Å². The van der Waals surface area contributed by atoms with Crippen LogP contribution in [0, 0.1) is 0 Å². The number of anilines is 1. The van der Waals surface area contributed by atoms with Crippen LogP contribution in [-0.2, 0) is 9.53 Å². The highest BCUT2D eigenvalue weighted by Crippen LogP contribution is 2.35. The summed E-state index contributed by atoms with van der Waals surface area (Å²) in [7, 11) is 0. The van der Waals surface area contributed by atoms with Crippen molar-refractivity contribution < 1.29 is 14.3 Å². The van der Waals surface area contributed by atoms with E-state index < -0.39 is 6.04 Å². The molecule has 132 valence electrons. The molecule has 0 saturated carbocycles. The smallest absolute Gasteiger partial charge is 0.338 e. The average molecular weight is 342 g/mol. The van der Waals surface area contributed by atoms with E-state index in [2.05, 4.69) is 15.4 Å². The summed E-state index contributed by atoms with van der Waals surface area (Å²) >= 11 is 0. The molecule has 0 radical (unpaired) electrons. The van der Waals surface area contributed by atoms with Gasteiger partial charge in [0.25, 0.3) is 0 Å². The number of nitrogens with zero attached hydrogens (tertiary/aromatic N) is 3. The van der Waals surface area contributed by atoms with Crippen molar-refractivity contribution in [2.24, 2.45) is 0 Å². The van der Waals surface area contributed by atoms with E-state index in [0.29, 0.717) is 23.8 Å². The second-order valence-corrected chi connectivity index (χ2v) is 6.05. The lowest BCUT2D eigenvalue weighted by atomic mass is 9.95. The summed E-state index contributed by atoms with van der Waals surface area (Å²) in [6, 6.07) is 7.24. The fraction of sp³-hybridized carbons (Fsp3) is 0.389. The fourth-order valence-corrected chi connectivity index (χ4v) is 2.85. The number of hydrogen-bond acceptors (Lipinski definition) is 6.